The number of ether oxygens (including phenoxy) is 1. The number of rotatable bonds is 4. The standard InChI is InChI=1S/C12H18BrNOS/c1-3-14-11(10-5-4-8(2)15-10)12-9(13)6-7-16-12/h6-8,10-11,14H,3-5H2,1-2H3. The van der Waals surface area contributed by atoms with Crippen molar-refractivity contribution >= 4 is 27.3 Å². The number of likely N-dealkylation sites (N-methyl/N-ethyl adjacent to an activating group) is 1. The molecule has 3 unspecified atom stereocenters. The van der Waals surface area contributed by atoms with Gasteiger partial charge in [-0.3, -0.25) is 0 Å². The van der Waals surface area contributed by atoms with E-state index in [-0.39, 0.29) is 0 Å². The molecule has 1 aliphatic heterocycles. The van der Waals surface area contributed by atoms with Crippen LogP contribution in [0.5, 0.6) is 0 Å². The summed E-state index contributed by atoms with van der Waals surface area (Å²) in [4.78, 5) is 1.36. The van der Waals surface area contributed by atoms with E-state index in [9.17, 15) is 0 Å². The van der Waals surface area contributed by atoms with Crippen LogP contribution in [0.15, 0.2) is 15.9 Å². The Hall–Kier alpha value is 0.1000. The van der Waals surface area contributed by atoms with Crippen molar-refractivity contribution in [3.05, 3.63) is 20.8 Å². The van der Waals surface area contributed by atoms with Crippen LogP contribution in [0.1, 0.15) is 37.6 Å². The molecule has 1 fully saturated rings. The van der Waals surface area contributed by atoms with Crippen molar-refractivity contribution in [2.75, 3.05) is 6.54 Å². The first-order valence-corrected chi connectivity index (χ1v) is 7.51. The highest BCUT2D eigenvalue weighted by Crippen LogP contribution is 2.36. The molecule has 1 aromatic rings. The maximum Gasteiger partial charge on any atom is 0.0782 e. The first-order valence-electron chi connectivity index (χ1n) is 5.84. The molecule has 1 N–H and O–H groups in total. The molecule has 0 amide bonds. The van der Waals surface area contributed by atoms with Gasteiger partial charge in [0.1, 0.15) is 0 Å². The van der Waals surface area contributed by atoms with Crippen LogP contribution in [-0.4, -0.2) is 18.8 Å². The van der Waals surface area contributed by atoms with Crippen molar-refractivity contribution in [1.29, 1.82) is 0 Å². The number of nitrogens with one attached hydrogen (secondary N) is 1. The van der Waals surface area contributed by atoms with Crippen LogP contribution < -0.4 is 5.32 Å². The minimum atomic E-state index is 0.324. The molecule has 0 radical (unpaired) electrons. The molecule has 0 spiro atoms. The predicted molar refractivity (Wildman–Crippen MR) is 72.0 cm³/mol. The Balaban J connectivity index is 2.14. The number of halogens is 1. The molecule has 0 aromatic carbocycles. The fraction of sp³-hybridized carbons (Fsp3) is 0.667. The van der Waals surface area contributed by atoms with Gasteiger partial charge < -0.3 is 10.1 Å². The topological polar surface area (TPSA) is 21.3 Å². The summed E-state index contributed by atoms with van der Waals surface area (Å²) in [5.41, 5.74) is 0. The Kier molecular flexibility index (Phi) is 4.41. The zero-order valence-electron chi connectivity index (χ0n) is 9.70. The maximum absolute atomic E-state index is 5.98. The van der Waals surface area contributed by atoms with E-state index in [1.807, 2.05) is 0 Å². The number of hydrogen-bond donors (Lipinski definition) is 1. The van der Waals surface area contributed by atoms with E-state index >= 15 is 0 Å². The Morgan fingerprint density at radius 2 is 2.44 bits per heavy atom. The summed E-state index contributed by atoms with van der Waals surface area (Å²) in [6, 6.07) is 2.45. The van der Waals surface area contributed by atoms with Crippen molar-refractivity contribution in [3.8, 4) is 0 Å². The SMILES string of the molecule is CCNC(c1sccc1Br)C1CCC(C)O1. The third-order valence-corrected chi connectivity index (χ3v) is 4.94. The van der Waals surface area contributed by atoms with E-state index in [0.29, 0.717) is 18.2 Å². The average Bonchev–Trinajstić information content (AvgIpc) is 2.84. The highest BCUT2D eigenvalue weighted by molar-refractivity contribution is 9.10. The van der Waals surface area contributed by atoms with Gasteiger partial charge in [0.05, 0.1) is 18.2 Å². The highest BCUT2D eigenvalue weighted by atomic mass is 79.9. The molecule has 2 nitrogen and oxygen atoms in total. The van der Waals surface area contributed by atoms with E-state index < -0.39 is 0 Å². The van der Waals surface area contributed by atoms with Gasteiger partial charge in [-0.15, -0.1) is 11.3 Å². The van der Waals surface area contributed by atoms with Gasteiger partial charge in [0, 0.05) is 9.35 Å². The summed E-state index contributed by atoms with van der Waals surface area (Å²) < 4.78 is 7.18. The van der Waals surface area contributed by atoms with Gasteiger partial charge in [-0.05, 0) is 53.7 Å². The fourth-order valence-corrected chi connectivity index (χ4v) is 3.97. The van der Waals surface area contributed by atoms with E-state index in [2.05, 4.69) is 46.5 Å². The molecule has 1 aromatic heterocycles. The second-order valence-electron chi connectivity index (χ2n) is 4.23. The van der Waals surface area contributed by atoms with E-state index in [1.165, 1.54) is 15.8 Å². The smallest absolute Gasteiger partial charge is 0.0782 e. The van der Waals surface area contributed by atoms with Crippen molar-refractivity contribution in [2.24, 2.45) is 0 Å². The van der Waals surface area contributed by atoms with Crippen LogP contribution in [-0.2, 0) is 4.74 Å². The summed E-state index contributed by atoms with van der Waals surface area (Å²) in [6.07, 6.45) is 3.06. The molecular formula is C12H18BrNOS. The van der Waals surface area contributed by atoms with Crippen LogP contribution >= 0.6 is 27.3 Å². The third-order valence-electron chi connectivity index (χ3n) is 2.99. The maximum atomic E-state index is 5.98. The van der Waals surface area contributed by atoms with Gasteiger partial charge >= 0.3 is 0 Å². The molecule has 0 aliphatic carbocycles. The lowest BCUT2D eigenvalue weighted by Crippen LogP contribution is -2.31. The lowest BCUT2D eigenvalue weighted by Gasteiger charge is -2.24. The monoisotopic (exact) mass is 303 g/mol. The minimum absolute atomic E-state index is 0.324. The molecule has 90 valence electrons. The zero-order chi connectivity index (χ0) is 11.5. The van der Waals surface area contributed by atoms with E-state index in [0.717, 1.165) is 13.0 Å². The van der Waals surface area contributed by atoms with Gasteiger partial charge in [-0.2, -0.15) is 0 Å². The Labute approximate surface area is 110 Å². The largest absolute Gasteiger partial charge is 0.373 e. The van der Waals surface area contributed by atoms with Crippen molar-refractivity contribution < 1.29 is 4.74 Å². The molecule has 3 atom stereocenters. The molecule has 2 rings (SSSR count). The summed E-state index contributed by atoms with van der Waals surface area (Å²) in [5.74, 6) is 0. The first kappa shape index (κ1) is 12.6. The molecular weight excluding hydrogens is 286 g/mol. The van der Waals surface area contributed by atoms with Gasteiger partial charge in [-0.25, -0.2) is 0 Å². The van der Waals surface area contributed by atoms with Crippen LogP contribution in [0, 0.1) is 0 Å². The first-order chi connectivity index (χ1) is 7.72. The molecule has 0 saturated carbocycles. The normalized spacial score (nSPS) is 27.2. The van der Waals surface area contributed by atoms with Crippen LogP contribution in [0.4, 0.5) is 0 Å². The summed E-state index contributed by atoms with van der Waals surface area (Å²) in [6.45, 7) is 5.28. The molecule has 16 heavy (non-hydrogen) atoms. The molecule has 2 heterocycles. The lowest BCUT2D eigenvalue weighted by atomic mass is 10.1. The van der Waals surface area contributed by atoms with E-state index in [1.54, 1.807) is 11.3 Å². The lowest BCUT2D eigenvalue weighted by molar-refractivity contribution is 0.0326. The molecule has 4 heteroatoms. The quantitative estimate of drug-likeness (QED) is 0.915. The molecule has 1 aliphatic rings. The minimum Gasteiger partial charge on any atom is -0.373 e. The van der Waals surface area contributed by atoms with Crippen molar-refractivity contribution in [3.63, 3.8) is 0 Å². The highest BCUT2D eigenvalue weighted by Gasteiger charge is 2.31. The zero-order valence-corrected chi connectivity index (χ0v) is 12.1. The molecule has 1 saturated heterocycles. The Bertz CT molecular complexity index is 342. The van der Waals surface area contributed by atoms with Crippen LogP contribution in [0.2, 0.25) is 0 Å². The average molecular weight is 304 g/mol. The fourth-order valence-electron chi connectivity index (χ4n) is 2.22. The van der Waals surface area contributed by atoms with Crippen molar-refractivity contribution in [1.82, 2.24) is 5.32 Å². The summed E-state index contributed by atoms with van der Waals surface area (Å²) >= 11 is 5.41. The second kappa shape index (κ2) is 5.63. The molecule has 0 bridgehead atoms. The van der Waals surface area contributed by atoms with E-state index in [4.69, 9.17) is 4.74 Å². The van der Waals surface area contributed by atoms with Crippen molar-refractivity contribution in [2.45, 2.75) is 44.9 Å². The Morgan fingerprint density at radius 1 is 1.62 bits per heavy atom. The third kappa shape index (κ3) is 2.67. The van der Waals surface area contributed by atoms with Crippen LogP contribution in [0.25, 0.3) is 0 Å². The summed E-state index contributed by atoms with van der Waals surface area (Å²) in [5, 5.41) is 5.67. The van der Waals surface area contributed by atoms with Crippen LogP contribution in [0.3, 0.4) is 0 Å². The van der Waals surface area contributed by atoms with Gasteiger partial charge in [0.25, 0.3) is 0 Å². The van der Waals surface area contributed by atoms with Gasteiger partial charge in [0.2, 0.25) is 0 Å². The number of hydrogen-bond acceptors (Lipinski definition) is 3. The second-order valence-corrected chi connectivity index (χ2v) is 6.03. The van der Waals surface area contributed by atoms with Gasteiger partial charge in [0.15, 0.2) is 0 Å². The van der Waals surface area contributed by atoms with Gasteiger partial charge in [-0.1, -0.05) is 6.92 Å². The predicted octanol–water partition coefficient (Wildman–Crippen LogP) is 3.73. The summed E-state index contributed by atoms with van der Waals surface area (Å²) in [7, 11) is 0. The Morgan fingerprint density at radius 3 is 2.94 bits per heavy atom. The number of thiophene rings is 1.